The highest BCUT2D eigenvalue weighted by Gasteiger charge is 2.36. The van der Waals surface area contributed by atoms with Gasteiger partial charge in [-0.25, -0.2) is 4.39 Å². The molecule has 5 heteroatoms. The summed E-state index contributed by atoms with van der Waals surface area (Å²) in [6.45, 7) is 6.43. The van der Waals surface area contributed by atoms with E-state index in [0.717, 1.165) is 13.1 Å². The maximum atomic E-state index is 13.9. The predicted octanol–water partition coefficient (Wildman–Crippen LogP) is 2.73. The van der Waals surface area contributed by atoms with Crippen molar-refractivity contribution < 1.29 is 4.39 Å². The number of rotatable bonds is 5. The number of hydrogen-bond donors (Lipinski definition) is 2. The number of nitrogens with zero attached hydrogens (tertiary/aromatic N) is 1. The number of nitrogens with two attached hydrogens (primary N) is 1. The Kier molecular flexibility index (Phi) is 5.02. The summed E-state index contributed by atoms with van der Waals surface area (Å²) in [5.41, 5.74) is 3.25. The van der Waals surface area contributed by atoms with Crippen LogP contribution in [0.4, 0.5) is 4.39 Å². The Morgan fingerprint density at radius 3 is 2.60 bits per heavy atom. The minimum Gasteiger partial charge on any atom is -0.297 e. The van der Waals surface area contributed by atoms with E-state index in [2.05, 4.69) is 24.2 Å². The molecule has 3 nitrogen and oxygen atoms in total. The SMILES string of the molecule is CC(C)(C(Cc1c(F)cccc1Cl)NN)N1CCCC1. The fraction of sp³-hybridized carbons (Fsp3) is 0.600. The van der Waals surface area contributed by atoms with Crippen LogP contribution in [-0.2, 0) is 6.42 Å². The molecule has 1 heterocycles. The second-order valence-electron chi connectivity index (χ2n) is 5.97. The average Bonchev–Trinajstić information content (AvgIpc) is 2.92. The minimum atomic E-state index is -0.269. The van der Waals surface area contributed by atoms with Crippen molar-refractivity contribution in [2.75, 3.05) is 13.1 Å². The van der Waals surface area contributed by atoms with E-state index in [0.29, 0.717) is 17.0 Å². The molecule has 0 radical (unpaired) electrons. The molecule has 3 N–H and O–H groups in total. The molecule has 1 aromatic carbocycles. The van der Waals surface area contributed by atoms with E-state index in [9.17, 15) is 4.39 Å². The number of benzene rings is 1. The third-order valence-corrected chi connectivity index (χ3v) is 4.80. The van der Waals surface area contributed by atoms with Crippen LogP contribution in [-0.4, -0.2) is 29.6 Å². The maximum Gasteiger partial charge on any atom is 0.127 e. The molecule has 0 saturated carbocycles. The van der Waals surface area contributed by atoms with Gasteiger partial charge in [-0.15, -0.1) is 0 Å². The summed E-state index contributed by atoms with van der Waals surface area (Å²) >= 11 is 6.12. The van der Waals surface area contributed by atoms with Gasteiger partial charge in [-0.05, 0) is 58.3 Å². The van der Waals surface area contributed by atoms with Gasteiger partial charge in [-0.1, -0.05) is 17.7 Å². The van der Waals surface area contributed by atoms with Gasteiger partial charge in [0.15, 0.2) is 0 Å². The van der Waals surface area contributed by atoms with Crippen LogP contribution in [0.3, 0.4) is 0 Å². The first-order valence-corrected chi connectivity index (χ1v) is 7.48. The first-order chi connectivity index (χ1) is 9.46. The van der Waals surface area contributed by atoms with Gasteiger partial charge in [0.05, 0.1) is 0 Å². The molecule has 1 aliphatic rings. The Morgan fingerprint density at radius 1 is 1.40 bits per heavy atom. The van der Waals surface area contributed by atoms with Crippen LogP contribution >= 0.6 is 11.6 Å². The van der Waals surface area contributed by atoms with Crippen molar-refractivity contribution in [3.63, 3.8) is 0 Å². The van der Waals surface area contributed by atoms with Crippen LogP contribution < -0.4 is 11.3 Å². The van der Waals surface area contributed by atoms with E-state index in [1.54, 1.807) is 12.1 Å². The van der Waals surface area contributed by atoms with E-state index in [-0.39, 0.29) is 17.4 Å². The molecule has 1 aliphatic heterocycles. The van der Waals surface area contributed by atoms with Crippen molar-refractivity contribution in [3.05, 3.63) is 34.6 Å². The van der Waals surface area contributed by atoms with Gasteiger partial charge in [0.25, 0.3) is 0 Å². The van der Waals surface area contributed by atoms with Gasteiger partial charge in [0.2, 0.25) is 0 Å². The monoisotopic (exact) mass is 299 g/mol. The lowest BCUT2D eigenvalue weighted by Crippen LogP contribution is -2.59. The van der Waals surface area contributed by atoms with E-state index in [1.165, 1.54) is 18.9 Å². The van der Waals surface area contributed by atoms with Crippen molar-refractivity contribution in [2.45, 2.75) is 44.7 Å². The first-order valence-electron chi connectivity index (χ1n) is 7.11. The Bertz CT molecular complexity index is 438. The van der Waals surface area contributed by atoms with Crippen LogP contribution in [0.1, 0.15) is 32.3 Å². The third-order valence-electron chi connectivity index (χ3n) is 4.44. The molecule has 1 atom stereocenters. The molecule has 0 bridgehead atoms. The normalized spacial score (nSPS) is 18.4. The summed E-state index contributed by atoms with van der Waals surface area (Å²) in [6, 6.07) is 4.72. The highest BCUT2D eigenvalue weighted by atomic mass is 35.5. The quantitative estimate of drug-likeness (QED) is 0.649. The fourth-order valence-corrected chi connectivity index (χ4v) is 3.20. The van der Waals surface area contributed by atoms with Crippen LogP contribution in [0, 0.1) is 5.82 Å². The lowest BCUT2D eigenvalue weighted by atomic mass is 9.88. The van der Waals surface area contributed by atoms with Crippen LogP contribution in [0.25, 0.3) is 0 Å². The Morgan fingerprint density at radius 2 is 2.05 bits per heavy atom. The van der Waals surface area contributed by atoms with Gasteiger partial charge in [-0.2, -0.15) is 0 Å². The van der Waals surface area contributed by atoms with Crippen molar-refractivity contribution in [2.24, 2.45) is 5.84 Å². The zero-order chi connectivity index (χ0) is 14.8. The number of hydrazine groups is 1. The van der Waals surface area contributed by atoms with E-state index >= 15 is 0 Å². The van der Waals surface area contributed by atoms with Crippen LogP contribution in [0.5, 0.6) is 0 Å². The zero-order valence-electron chi connectivity index (χ0n) is 12.1. The number of likely N-dealkylation sites (tertiary alicyclic amines) is 1. The molecule has 1 fully saturated rings. The molecule has 0 amide bonds. The van der Waals surface area contributed by atoms with Gasteiger partial charge >= 0.3 is 0 Å². The molecule has 1 aromatic rings. The summed E-state index contributed by atoms with van der Waals surface area (Å²) in [7, 11) is 0. The average molecular weight is 300 g/mol. The predicted molar refractivity (Wildman–Crippen MR) is 81.1 cm³/mol. The highest BCUT2D eigenvalue weighted by Crippen LogP contribution is 2.28. The standard InChI is InChI=1S/C15H23ClFN3/c1-15(2,20-8-3-4-9-20)14(19-18)10-11-12(16)6-5-7-13(11)17/h5-7,14,19H,3-4,8-10,18H2,1-2H3. The van der Waals surface area contributed by atoms with Gasteiger partial charge in [0, 0.05) is 22.2 Å². The van der Waals surface area contributed by atoms with Crippen molar-refractivity contribution in [1.29, 1.82) is 0 Å². The molecule has 0 aliphatic carbocycles. The Balaban J connectivity index is 2.20. The molecule has 1 unspecified atom stereocenters. The lowest BCUT2D eigenvalue weighted by molar-refractivity contribution is 0.106. The zero-order valence-corrected chi connectivity index (χ0v) is 12.9. The smallest absolute Gasteiger partial charge is 0.127 e. The second kappa shape index (κ2) is 6.39. The maximum absolute atomic E-state index is 13.9. The van der Waals surface area contributed by atoms with Crippen molar-refractivity contribution in [3.8, 4) is 0 Å². The minimum absolute atomic E-state index is 0.0602. The van der Waals surface area contributed by atoms with Crippen molar-refractivity contribution in [1.82, 2.24) is 10.3 Å². The van der Waals surface area contributed by atoms with Gasteiger partial charge < -0.3 is 0 Å². The summed E-state index contributed by atoms with van der Waals surface area (Å²) in [5.74, 6) is 5.46. The molecule has 2 rings (SSSR count). The molecule has 0 aromatic heterocycles. The number of nitrogens with one attached hydrogen (secondary N) is 1. The lowest BCUT2D eigenvalue weighted by Gasteiger charge is -2.42. The molecule has 1 saturated heterocycles. The molecule has 112 valence electrons. The first kappa shape index (κ1) is 15.7. The molecular weight excluding hydrogens is 277 g/mol. The second-order valence-corrected chi connectivity index (χ2v) is 6.38. The Labute approximate surface area is 125 Å². The van der Waals surface area contributed by atoms with E-state index in [1.807, 2.05) is 0 Å². The third kappa shape index (κ3) is 3.14. The number of halogens is 2. The van der Waals surface area contributed by atoms with E-state index < -0.39 is 0 Å². The van der Waals surface area contributed by atoms with Crippen molar-refractivity contribution >= 4 is 11.6 Å². The Hall–Kier alpha value is -0.680. The molecule has 0 spiro atoms. The van der Waals surface area contributed by atoms with Crippen LogP contribution in [0.2, 0.25) is 5.02 Å². The van der Waals surface area contributed by atoms with Gasteiger partial charge in [-0.3, -0.25) is 16.2 Å². The molecule has 20 heavy (non-hydrogen) atoms. The summed E-state index contributed by atoms with van der Waals surface area (Å²) in [6.07, 6.45) is 2.90. The largest absolute Gasteiger partial charge is 0.297 e. The number of hydrogen-bond acceptors (Lipinski definition) is 3. The summed E-state index contributed by atoms with van der Waals surface area (Å²) in [5, 5.41) is 0.461. The highest BCUT2D eigenvalue weighted by molar-refractivity contribution is 6.31. The van der Waals surface area contributed by atoms with Crippen LogP contribution in [0.15, 0.2) is 18.2 Å². The summed E-state index contributed by atoms with van der Waals surface area (Å²) < 4.78 is 13.9. The van der Waals surface area contributed by atoms with Gasteiger partial charge in [0.1, 0.15) is 5.82 Å². The fourth-order valence-electron chi connectivity index (χ4n) is 2.96. The van der Waals surface area contributed by atoms with E-state index in [4.69, 9.17) is 17.4 Å². The summed E-state index contributed by atoms with van der Waals surface area (Å²) in [4.78, 5) is 2.41. The molecular formula is C15H23ClFN3. The topological polar surface area (TPSA) is 41.3 Å².